The summed E-state index contributed by atoms with van der Waals surface area (Å²) in [5.74, 6) is -0.133. The molecule has 1 aromatic carbocycles. The number of benzene rings is 1. The van der Waals surface area contributed by atoms with Gasteiger partial charge in [-0.3, -0.25) is 9.48 Å². The van der Waals surface area contributed by atoms with E-state index in [0.29, 0.717) is 11.4 Å². The fourth-order valence-electron chi connectivity index (χ4n) is 1.32. The van der Waals surface area contributed by atoms with Gasteiger partial charge in [-0.2, -0.15) is 5.10 Å². The van der Waals surface area contributed by atoms with Gasteiger partial charge in [0.15, 0.2) is 0 Å². The van der Waals surface area contributed by atoms with Crippen LogP contribution in [0.25, 0.3) is 0 Å². The third-order valence-electron chi connectivity index (χ3n) is 2.24. The first-order valence-electron chi connectivity index (χ1n) is 4.82. The summed E-state index contributed by atoms with van der Waals surface area (Å²) in [5, 5.41) is 6.60. The topological polar surface area (TPSA) is 46.9 Å². The highest BCUT2D eigenvalue weighted by atomic mass is 79.9. The van der Waals surface area contributed by atoms with Crippen LogP contribution in [0.5, 0.6) is 0 Å². The number of carbonyl (C=O) groups is 1. The molecule has 88 valence electrons. The standard InChI is InChI=1S/C11H9BrFN3O/c1-16-10(4-5-14-16)15-11(17)7-2-3-9(13)8(12)6-7/h2-6H,1H3,(H,15,17). The highest BCUT2D eigenvalue weighted by Gasteiger charge is 2.10. The van der Waals surface area contributed by atoms with Crippen molar-refractivity contribution >= 4 is 27.7 Å². The Bertz CT molecular complexity index is 568. The van der Waals surface area contributed by atoms with Gasteiger partial charge in [0.2, 0.25) is 0 Å². The maximum atomic E-state index is 13.0. The zero-order chi connectivity index (χ0) is 12.4. The van der Waals surface area contributed by atoms with E-state index in [-0.39, 0.29) is 10.4 Å². The summed E-state index contributed by atoms with van der Waals surface area (Å²) in [7, 11) is 1.72. The largest absolute Gasteiger partial charge is 0.307 e. The van der Waals surface area contributed by atoms with Crippen LogP contribution in [-0.4, -0.2) is 15.7 Å². The van der Waals surface area contributed by atoms with E-state index < -0.39 is 5.82 Å². The second kappa shape index (κ2) is 4.67. The molecular weight excluding hydrogens is 289 g/mol. The molecule has 0 saturated heterocycles. The highest BCUT2D eigenvalue weighted by molar-refractivity contribution is 9.10. The van der Waals surface area contributed by atoms with E-state index in [2.05, 4.69) is 26.3 Å². The molecule has 0 aliphatic rings. The van der Waals surface area contributed by atoms with Gasteiger partial charge in [0.1, 0.15) is 11.6 Å². The molecule has 0 atom stereocenters. The highest BCUT2D eigenvalue weighted by Crippen LogP contribution is 2.17. The molecule has 0 spiro atoms. The molecule has 1 aromatic heterocycles. The lowest BCUT2D eigenvalue weighted by Gasteiger charge is -2.05. The summed E-state index contributed by atoms with van der Waals surface area (Å²) in [6.45, 7) is 0. The molecule has 6 heteroatoms. The average molecular weight is 298 g/mol. The average Bonchev–Trinajstić information content (AvgIpc) is 2.68. The van der Waals surface area contributed by atoms with Crippen molar-refractivity contribution in [3.8, 4) is 0 Å². The first-order chi connectivity index (χ1) is 8.08. The number of aromatic nitrogens is 2. The molecule has 0 saturated carbocycles. The lowest BCUT2D eigenvalue weighted by atomic mass is 10.2. The maximum Gasteiger partial charge on any atom is 0.256 e. The number of aryl methyl sites for hydroxylation is 1. The summed E-state index contributed by atoms with van der Waals surface area (Å²) >= 11 is 3.03. The van der Waals surface area contributed by atoms with Gasteiger partial charge in [0, 0.05) is 18.7 Å². The van der Waals surface area contributed by atoms with Crippen LogP contribution >= 0.6 is 15.9 Å². The van der Waals surface area contributed by atoms with Gasteiger partial charge in [-0.1, -0.05) is 0 Å². The molecule has 0 radical (unpaired) electrons. The molecule has 1 amide bonds. The van der Waals surface area contributed by atoms with Crippen LogP contribution in [0.4, 0.5) is 10.2 Å². The third-order valence-corrected chi connectivity index (χ3v) is 2.85. The van der Waals surface area contributed by atoms with Gasteiger partial charge in [0.05, 0.1) is 10.7 Å². The molecule has 0 aliphatic carbocycles. The van der Waals surface area contributed by atoms with Gasteiger partial charge in [-0.25, -0.2) is 4.39 Å². The Labute approximate surface area is 106 Å². The van der Waals surface area contributed by atoms with Gasteiger partial charge >= 0.3 is 0 Å². The quantitative estimate of drug-likeness (QED) is 0.926. The summed E-state index contributed by atoms with van der Waals surface area (Å²) in [4.78, 5) is 11.8. The number of halogens is 2. The predicted octanol–water partition coefficient (Wildman–Crippen LogP) is 2.57. The molecule has 0 aliphatic heterocycles. The van der Waals surface area contributed by atoms with Crippen LogP contribution in [0.2, 0.25) is 0 Å². The first-order valence-corrected chi connectivity index (χ1v) is 5.61. The Kier molecular flexibility index (Phi) is 3.23. The van der Waals surface area contributed by atoms with Crippen molar-refractivity contribution in [2.45, 2.75) is 0 Å². The Morgan fingerprint density at radius 2 is 2.24 bits per heavy atom. The molecule has 0 unspecified atom stereocenters. The van der Waals surface area contributed by atoms with Gasteiger partial charge in [-0.05, 0) is 34.1 Å². The molecule has 17 heavy (non-hydrogen) atoms. The molecule has 0 bridgehead atoms. The smallest absolute Gasteiger partial charge is 0.256 e. The van der Waals surface area contributed by atoms with E-state index in [4.69, 9.17) is 0 Å². The second-order valence-corrected chi connectivity index (χ2v) is 4.28. The molecule has 2 aromatic rings. The van der Waals surface area contributed by atoms with Crippen molar-refractivity contribution < 1.29 is 9.18 Å². The van der Waals surface area contributed by atoms with Crippen molar-refractivity contribution in [3.63, 3.8) is 0 Å². The van der Waals surface area contributed by atoms with Crippen molar-refractivity contribution in [2.24, 2.45) is 7.05 Å². The van der Waals surface area contributed by atoms with E-state index >= 15 is 0 Å². The van der Waals surface area contributed by atoms with Crippen LogP contribution in [0.3, 0.4) is 0 Å². The summed E-state index contributed by atoms with van der Waals surface area (Å²) in [6, 6.07) is 5.77. The molecule has 2 rings (SSSR count). The van der Waals surface area contributed by atoms with Crippen LogP contribution in [0.15, 0.2) is 34.9 Å². The van der Waals surface area contributed by atoms with Gasteiger partial charge in [-0.15, -0.1) is 0 Å². The number of amides is 1. The summed E-state index contributed by atoms with van der Waals surface area (Å²) in [5.41, 5.74) is 0.375. The van der Waals surface area contributed by atoms with Crippen LogP contribution in [0, 0.1) is 5.82 Å². The van der Waals surface area contributed by atoms with E-state index in [1.54, 1.807) is 19.3 Å². The zero-order valence-electron chi connectivity index (χ0n) is 8.95. The summed E-state index contributed by atoms with van der Waals surface area (Å²) < 4.78 is 14.8. The van der Waals surface area contributed by atoms with Crippen LogP contribution in [0.1, 0.15) is 10.4 Å². The maximum absolute atomic E-state index is 13.0. The van der Waals surface area contributed by atoms with E-state index in [9.17, 15) is 9.18 Å². The van der Waals surface area contributed by atoms with Crippen LogP contribution < -0.4 is 5.32 Å². The van der Waals surface area contributed by atoms with Crippen molar-refractivity contribution in [3.05, 3.63) is 46.3 Å². The molecule has 1 heterocycles. The first kappa shape index (κ1) is 11.8. The van der Waals surface area contributed by atoms with Crippen LogP contribution in [-0.2, 0) is 7.05 Å². The SMILES string of the molecule is Cn1nccc1NC(=O)c1ccc(F)c(Br)c1. The van der Waals surface area contributed by atoms with E-state index in [0.717, 1.165) is 0 Å². The monoisotopic (exact) mass is 297 g/mol. The second-order valence-electron chi connectivity index (χ2n) is 3.42. The minimum Gasteiger partial charge on any atom is -0.307 e. The fraction of sp³-hybridized carbons (Fsp3) is 0.0909. The van der Waals surface area contributed by atoms with Gasteiger partial charge < -0.3 is 5.32 Å². The minimum atomic E-state index is -0.401. The minimum absolute atomic E-state index is 0.259. The third kappa shape index (κ3) is 2.52. The Morgan fingerprint density at radius 3 is 2.82 bits per heavy atom. The lowest BCUT2D eigenvalue weighted by Crippen LogP contribution is -2.14. The number of rotatable bonds is 2. The fourth-order valence-corrected chi connectivity index (χ4v) is 1.70. The number of hydrogen-bond acceptors (Lipinski definition) is 2. The number of nitrogens with zero attached hydrogens (tertiary/aromatic N) is 2. The van der Waals surface area contributed by atoms with Crippen molar-refractivity contribution in [1.29, 1.82) is 0 Å². The lowest BCUT2D eigenvalue weighted by molar-refractivity contribution is 0.102. The number of anilines is 1. The Morgan fingerprint density at radius 1 is 1.47 bits per heavy atom. The summed E-state index contributed by atoms with van der Waals surface area (Å²) in [6.07, 6.45) is 1.58. The number of carbonyl (C=O) groups excluding carboxylic acids is 1. The van der Waals surface area contributed by atoms with Crippen molar-refractivity contribution in [2.75, 3.05) is 5.32 Å². The van der Waals surface area contributed by atoms with Crippen molar-refractivity contribution in [1.82, 2.24) is 9.78 Å². The Balaban J connectivity index is 2.20. The number of nitrogens with one attached hydrogen (secondary N) is 1. The predicted molar refractivity (Wildman–Crippen MR) is 65.3 cm³/mol. The Hall–Kier alpha value is -1.69. The van der Waals surface area contributed by atoms with E-state index in [1.807, 2.05) is 0 Å². The normalized spacial score (nSPS) is 10.3. The van der Waals surface area contributed by atoms with E-state index in [1.165, 1.54) is 22.9 Å². The molecular formula is C11H9BrFN3O. The molecule has 1 N–H and O–H groups in total. The zero-order valence-corrected chi connectivity index (χ0v) is 10.5. The van der Waals surface area contributed by atoms with Gasteiger partial charge in [0.25, 0.3) is 5.91 Å². The number of hydrogen-bond donors (Lipinski definition) is 1. The molecule has 0 fully saturated rings. The molecule has 4 nitrogen and oxygen atoms in total.